The molecule has 5 rings (SSSR count). The summed E-state index contributed by atoms with van der Waals surface area (Å²) in [5.74, 6) is -2.96. The monoisotopic (exact) mass is 706 g/mol. The lowest BCUT2D eigenvalue weighted by Gasteiger charge is -2.36. The van der Waals surface area contributed by atoms with Crippen LogP contribution in [-0.4, -0.2) is 90.4 Å². The van der Waals surface area contributed by atoms with E-state index >= 15 is 0 Å². The first-order valence-electron chi connectivity index (χ1n) is 16.1. The van der Waals surface area contributed by atoms with Crippen LogP contribution in [0.15, 0.2) is 91.0 Å². The van der Waals surface area contributed by atoms with E-state index in [2.05, 4.69) is 0 Å². The summed E-state index contributed by atoms with van der Waals surface area (Å²) in [6.45, 7) is 4.23. The van der Waals surface area contributed by atoms with Crippen LogP contribution >= 0.6 is 11.8 Å². The molecule has 3 aromatic rings. The van der Waals surface area contributed by atoms with E-state index in [0.717, 1.165) is 11.8 Å². The number of ether oxygens (including phenoxy) is 7. The van der Waals surface area contributed by atoms with Crippen molar-refractivity contribution in [3.63, 3.8) is 0 Å². The lowest BCUT2D eigenvalue weighted by Crippen LogP contribution is -2.49. The molecule has 3 aromatic carbocycles. The smallest absolute Gasteiger partial charge is 0.338 e. The largest absolute Gasteiger partial charge is 0.463 e. The molecule has 0 radical (unpaired) electrons. The Kier molecular flexibility index (Phi) is 12.8. The van der Waals surface area contributed by atoms with Crippen LogP contribution < -0.4 is 0 Å². The lowest BCUT2D eigenvalue weighted by atomic mass is 10.1. The molecule has 0 bridgehead atoms. The second-order valence-corrected chi connectivity index (χ2v) is 13.2. The van der Waals surface area contributed by atoms with Gasteiger partial charge in [0.25, 0.3) is 0 Å². The molecule has 0 amide bonds. The molecule has 7 atom stereocenters. The predicted molar refractivity (Wildman–Crippen MR) is 179 cm³/mol. The number of hydrogen-bond donors (Lipinski definition) is 0. The van der Waals surface area contributed by atoms with Gasteiger partial charge in [0.1, 0.15) is 30.9 Å². The van der Waals surface area contributed by atoms with E-state index in [-0.39, 0.29) is 42.6 Å². The fraction of sp³-hybridized carbons (Fsp3) is 0.378. The Morgan fingerprint density at radius 3 is 1.72 bits per heavy atom. The highest BCUT2D eigenvalue weighted by atomic mass is 32.2. The molecule has 0 aliphatic carbocycles. The molecule has 2 heterocycles. The summed E-state index contributed by atoms with van der Waals surface area (Å²) in [5.41, 5.74) is -0.285. The van der Waals surface area contributed by atoms with E-state index in [4.69, 9.17) is 33.2 Å². The summed E-state index contributed by atoms with van der Waals surface area (Å²) in [6, 6.07) is 24.8. The van der Waals surface area contributed by atoms with Crippen LogP contribution in [0.5, 0.6) is 0 Å². The van der Waals surface area contributed by atoms with Crippen LogP contribution in [0.2, 0.25) is 0 Å². The summed E-state index contributed by atoms with van der Waals surface area (Å²) in [7, 11) is 0. The second-order valence-electron chi connectivity index (χ2n) is 11.8. The Labute approximate surface area is 293 Å². The zero-order valence-corrected chi connectivity index (χ0v) is 28.5. The van der Waals surface area contributed by atoms with Crippen LogP contribution in [0, 0.1) is 0 Å². The van der Waals surface area contributed by atoms with Crippen molar-refractivity contribution in [2.45, 2.75) is 74.7 Å². The lowest BCUT2D eigenvalue weighted by molar-refractivity contribution is -0.211. The number of carbonyl (C=O) groups excluding carboxylic acids is 5. The molecule has 264 valence electrons. The maximum absolute atomic E-state index is 13.5. The number of carbonyl (C=O) groups is 5. The summed E-state index contributed by atoms with van der Waals surface area (Å²) < 4.78 is 40.9. The number of hydrogen-bond acceptors (Lipinski definition) is 13. The molecule has 0 N–H and O–H groups in total. The summed E-state index contributed by atoms with van der Waals surface area (Å²) >= 11 is 1.09. The van der Waals surface area contributed by atoms with Crippen LogP contribution in [0.4, 0.5) is 0 Å². The minimum atomic E-state index is -1.25. The van der Waals surface area contributed by atoms with E-state index in [9.17, 15) is 24.0 Å². The Balaban J connectivity index is 1.45. The van der Waals surface area contributed by atoms with Gasteiger partial charge in [-0.25, -0.2) is 14.4 Å². The molecule has 0 spiro atoms. The fourth-order valence-corrected chi connectivity index (χ4v) is 6.80. The molecular weight excluding hydrogens is 668 g/mol. The van der Waals surface area contributed by atoms with Gasteiger partial charge in [-0.3, -0.25) is 9.59 Å². The Hall–Kier alpha value is -4.56. The highest BCUT2D eigenvalue weighted by Crippen LogP contribution is 2.40. The zero-order chi connectivity index (χ0) is 35.6. The Morgan fingerprint density at radius 2 is 1.20 bits per heavy atom. The number of Topliss-reactive ketones (excluding diaryl/α,β-unsaturated/α-hetero) is 1. The van der Waals surface area contributed by atoms with Gasteiger partial charge in [0.2, 0.25) is 6.29 Å². The fourth-order valence-electron chi connectivity index (χ4n) is 5.31. The van der Waals surface area contributed by atoms with E-state index in [1.54, 1.807) is 105 Å². The SMILES string of the molecule is CC(=O)OC[C@H]1O[C@H](OC(C)C)C(=O)C[C@H]1S[C@H]1O[C@H](COC(=O)c2ccccc2)[C@@H](OC(=O)c2ccccc2)[C@@H]1OC(=O)c1ccccc1. The Morgan fingerprint density at radius 1 is 0.700 bits per heavy atom. The van der Waals surface area contributed by atoms with Crippen molar-refractivity contribution in [1.82, 2.24) is 0 Å². The van der Waals surface area contributed by atoms with Crippen molar-refractivity contribution < 1.29 is 57.1 Å². The molecule has 2 fully saturated rings. The molecular formula is C37H38O12S. The van der Waals surface area contributed by atoms with Gasteiger partial charge in [0.15, 0.2) is 18.0 Å². The maximum Gasteiger partial charge on any atom is 0.338 e. The molecule has 0 aromatic heterocycles. The van der Waals surface area contributed by atoms with Gasteiger partial charge >= 0.3 is 23.9 Å². The third kappa shape index (κ3) is 9.78. The molecule has 2 aliphatic heterocycles. The van der Waals surface area contributed by atoms with Crippen molar-refractivity contribution in [2.75, 3.05) is 13.2 Å². The van der Waals surface area contributed by atoms with Gasteiger partial charge in [-0.2, -0.15) is 0 Å². The van der Waals surface area contributed by atoms with E-state index in [1.807, 2.05) is 0 Å². The van der Waals surface area contributed by atoms with Crippen LogP contribution in [0.1, 0.15) is 58.3 Å². The number of thioether (sulfide) groups is 1. The van der Waals surface area contributed by atoms with Crippen molar-refractivity contribution in [3.05, 3.63) is 108 Å². The van der Waals surface area contributed by atoms with Gasteiger partial charge in [-0.1, -0.05) is 54.6 Å². The molecule has 12 nitrogen and oxygen atoms in total. The molecule has 50 heavy (non-hydrogen) atoms. The van der Waals surface area contributed by atoms with Gasteiger partial charge in [-0.15, -0.1) is 11.8 Å². The number of esters is 4. The molecule has 0 unspecified atom stereocenters. The van der Waals surface area contributed by atoms with Crippen LogP contribution in [0.3, 0.4) is 0 Å². The minimum Gasteiger partial charge on any atom is -0.463 e. The predicted octanol–water partition coefficient (Wildman–Crippen LogP) is 4.79. The van der Waals surface area contributed by atoms with E-state index in [1.165, 1.54) is 6.92 Å². The van der Waals surface area contributed by atoms with Gasteiger partial charge in [-0.05, 0) is 50.2 Å². The van der Waals surface area contributed by atoms with Crippen molar-refractivity contribution in [3.8, 4) is 0 Å². The first-order chi connectivity index (χ1) is 24.1. The van der Waals surface area contributed by atoms with Gasteiger partial charge in [0, 0.05) is 18.6 Å². The van der Waals surface area contributed by atoms with Crippen molar-refractivity contribution >= 4 is 41.4 Å². The number of benzene rings is 3. The summed E-state index contributed by atoms with van der Waals surface area (Å²) in [4.78, 5) is 64.7. The first-order valence-corrected chi connectivity index (χ1v) is 17.1. The van der Waals surface area contributed by atoms with E-state index in [0.29, 0.717) is 5.56 Å². The first kappa shape index (κ1) is 36.7. The van der Waals surface area contributed by atoms with Crippen LogP contribution in [0.25, 0.3) is 0 Å². The molecule has 2 aliphatic rings. The van der Waals surface area contributed by atoms with Crippen LogP contribution in [-0.2, 0) is 42.7 Å². The normalized spacial score (nSPS) is 24.7. The number of ketones is 1. The highest BCUT2D eigenvalue weighted by molar-refractivity contribution is 8.00. The van der Waals surface area contributed by atoms with Crippen molar-refractivity contribution in [2.24, 2.45) is 0 Å². The standard InChI is InChI=1S/C37H38O12S/c1-22(2)45-36-27(39)19-30(28(46-36)20-43-23(3)38)50-37-32(49-35(42)26-17-11-6-12-18-26)31(48-34(41)25-15-9-5-10-16-25)29(47-37)21-44-33(40)24-13-7-4-8-14-24/h4-18,22,28-32,36-37H,19-21H2,1-3H3/t28-,29-,30-,31-,32+,36+,37-/m1/s1. The average Bonchev–Trinajstić information content (AvgIpc) is 3.42. The quantitative estimate of drug-likeness (QED) is 0.177. The van der Waals surface area contributed by atoms with E-state index < -0.39 is 65.3 Å². The molecule has 13 heteroatoms. The van der Waals surface area contributed by atoms with Gasteiger partial charge in [0.05, 0.1) is 22.8 Å². The summed E-state index contributed by atoms with van der Waals surface area (Å²) in [6.07, 6.45) is -5.95. The Bertz CT molecular complexity index is 1620. The highest BCUT2D eigenvalue weighted by Gasteiger charge is 2.53. The molecule has 0 saturated carbocycles. The maximum atomic E-state index is 13.5. The third-order valence-electron chi connectivity index (χ3n) is 7.69. The van der Waals surface area contributed by atoms with Crippen molar-refractivity contribution in [1.29, 1.82) is 0 Å². The van der Waals surface area contributed by atoms with Gasteiger partial charge < -0.3 is 33.2 Å². The molecule has 2 saturated heterocycles. The average molecular weight is 707 g/mol. The second kappa shape index (κ2) is 17.4. The minimum absolute atomic E-state index is 0.0602. The number of rotatable bonds is 13. The zero-order valence-electron chi connectivity index (χ0n) is 27.7. The third-order valence-corrected chi connectivity index (χ3v) is 9.16. The summed E-state index contributed by atoms with van der Waals surface area (Å²) in [5, 5.41) is -0.673. The topological polar surface area (TPSA) is 150 Å².